The average Bonchev–Trinajstić information content (AvgIpc) is 2.55. The standard InChI is InChI=1S/C14H22N2/c1-11-5-7-13(8-6-11)16-10-12(15-4)9-14(16,2)3/h5-8,12,15H,9-10H2,1-4H3. The van der Waals surface area contributed by atoms with Gasteiger partial charge in [-0.05, 0) is 46.4 Å². The predicted octanol–water partition coefficient (Wildman–Crippen LogP) is 2.57. The Morgan fingerprint density at radius 1 is 1.25 bits per heavy atom. The highest BCUT2D eigenvalue weighted by Crippen LogP contribution is 2.33. The molecule has 1 aliphatic heterocycles. The van der Waals surface area contributed by atoms with Crippen molar-refractivity contribution in [3.8, 4) is 0 Å². The first kappa shape index (κ1) is 11.5. The molecule has 1 heterocycles. The van der Waals surface area contributed by atoms with Gasteiger partial charge in [0.25, 0.3) is 0 Å². The quantitative estimate of drug-likeness (QED) is 0.820. The number of hydrogen-bond acceptors (Lipinski definition) is 2. The van der Waals surface area contributed by atoms with E-state index in [4.69, 9.17) is 0 Å². The maximum atomic E-state index is 3.39. The fraction of sp³-hybridized carbons (Fsp3) is 0.571. The molecule has 88 valence electrons. The van der Waals surface area contributed by atoms with Crippen molar-refractivity contribution in [1.82, 2.24) is 5.32 Å². The summed E-state index contributed by atoms with van der Waals surface area (Å²) in [6, 6.07) is 9.46. The molecule has 0 radical (unpaired) electrons. The first-order valence-corrected chi connectivity index (χ1v) is 6.04. The fourth-order valence-electron chi connectivity index (χ4n) is 2.62. The zero-order valence-corrected chi connectivity index (χ0v) is 10.7. The summed E-state index contributed by atoms with van der Waals surface area (Å²) in [7, 11) is 2.05. The van der Waals surface area contributed by atoms with E-state index in [1.165, 1.54) is 17.7 Å². The Hall–Kier alpha value is -1.02. The highest BCUT2D eigenvalue weighted by molar-refractivity contribution is 5.51. The normalized spacial score (nSPS) is 23.8. The van der Waals surface area contributed by atoms with Gasteiger partial charge in [0.05, 0.1) is 0 Å². The monoisotopic (exact) mass is 218 g/mol. The van der Waals surface area contributed by atoms with Crippen LogP contribution in [0.5, 0.6) is 0 Å². The van der Waals surface area contributed by atoms with Crippen LogP contribution in [0.4, 0.5) is 5.69 Å². The molecule has 1 N–H and O–H groups in total. The molecule has 1 aromatic carbocycles. The largest absolute Gasteiger partial charge is 0.365 e. The lowest BCUT2D eigenvalue weighted by Gasteiger charge is -2.33. The lowest BCUT2D eigenvalue weighted by Crippen LogP contribution is -2.38. The van der Waals surface area contributed by atoms with Crippen LogP contribution in [0.1, 0.15) is 25.8 Å². The maximum Gasteiger partial charge on any atom is 0.0371 e. The molecule has 1 atom stereocenters. The fourth-order valence-corrected chi connectivity index (χ4v) is 2.62. The van der Waals surface area contributed by atoms with Crippen LogP contribution in [-0.2, 0) is 0 Å². The van der Waals surface area contributed by atoms with Crippen LogP contribution in [0.15, 0.2) is 24.3 Å². The van der Waals surface area contributed by atoms with Crippen LogP contribution in [-0.4, -0.2) is 25.2 Å². The molecule has 0 bridgehead atoms. The molecule has 2 rings (SSSR count). The lowest BCUT2D eigenvalue weighted by atomic mass is 10.00. The van der Waals surface area contributed by atoms with E-state index in [2.05, 4.69) is 62.3 Å². The Morgan fingerprint density at radius 3 is 2.38 bits per heavy atom. The second-order valence-corrected chi connectivity index (χ2v) is 5.45. The molecule has 2 heteroatoms. The van der Waals surface area contributed by atoms with Gasteiger partial charge in [0, 0.05) is 23.8 Å². The lowest BCUT2D eigenvalue weighted by molar-refractivity contribution is 0.487. The van der Waals surface area contributed by atoms with Crippen LogP contribution in [0.3, 0.4) is 0 Å². The molecule has 1 unspecified atom stereocenters. The second-order valence-electron chi connectivity index (χ2n) is 5.45. The van der Waals surface area contributed by atoms with E-state index in [0.717, 1.165) is 6.54 Å². The van der Waals surface area contributed by atoms with Gasteiger partial charge in [-0.1, -0.05) is 17.7 Å². The third-order valence-electron chi connectivity index (χ3n) is 3.63. The minimum absolute atomic E-state index is 0.253. The van der Waals surface area contributed by atoms with Crippen molar-refractivity contribution < 1.29 is 0 Å². The van der Waals surface area contributed by atoms with Gasteiger partial charge in [0.15, 0.2) is 0 Å². The van der Waals surface area contributed by atoms with Crippen molar-refractivity contribution in [3.05, 3.63) is 29.8 Å². The van der Waals surface area contributed by atoms with Gasteiger partial charge in [-0.2, -0.15) is 0 Å². The van der Waals surface area contributed by atoms with Crippen molar-refractivity contribution >= 4 is 5.69 Å². The second kappa shape index (κ2) is 4.10. The minimum atomic E-state index is 0.253. The summed E-state index contributed by atoms with van der Waals surface area (Å²) in [5.41, 5.74) is 2.92. The highest BCUT2D eigenvalue weighted by Gasteiger charge is 2.37. The van der Waals surface area contributed by atoms with Gasteiger partial charge < -0.3 is 10.2 Å². The SMILES string of the molecule is CNC1CN(c2ccc(C)cc2)C(C)(C)C1. The molecule has 0 aliphatic carbocycles. The smallest absolute Gasteiger partial charge is 0.0371 e. The van der Waals surface area contributed by atoms with Crippen LogP contribution in [0, 0.1) is 6.92 Å². The van der Waals surface area contributed by atoms with Gasteiger partial charge >= 0.3 is 0 Å². The number of anilines is 1. The molecule has 16 heavy (non-hydrogen) atoms. The Morgan fingerprint density at radius 2 is 1.88 bits per heavy atom. The highest BCUT2D eigenvalue weighted by atomic mass is 15.2. The molecule has 1 saturated heterocycles. The van der Waals surface area contributed by atoms with Crippen LogP contribution in [0.2, 0.25) is 0 Å². The molecule has 1 aromatic rings. The van der Waals surface area contributed by atoms with Crippen LogP contribution in [0.25, 0.3) is 0 Å². The number of rotatable bonds is 2. The van der Waals surface area contributed by atoms with E-state index in [0.29, 0.717) is 6.04 Å². The Labute approximate surface area is 98.7 Å². The van der Waals surface area contributed by atoms with Gasteiger partial charge in [-0.25, -0.2) is 0 Å². The minimum Gasteiger partial charge on any atom is -0.365 e. The molecule has 0 saturated carbocycles. The molecule has 0 spiro atoms. The van der Waals surface area contributed by atoms with Crippen molar-refractivity contribution in [1.29, 1.82) is 0 Å². The van der Waals surface area contributed by atoms with Gasteiger partial charge in [-0.3, -0.25) is 0 Å². The number of hydrogen-bond donors (Lipinski definition) is 1. The summed E-state index contributed by atoms with van der Waals surface area (Å²) < 4.78 is 0. The first-order chi connectivity index (χ1) is 7.53. The van der Waals surface area contributed by atoms with E-state index in [1.807, 2.05) is 0 Å². The third-order valence-corrected chi connectivity index (χ3v) is 3.63. The number of nitrogens with one attached hydrogen (secondary N) is 1. The third kappa shape index (κ3) is 2.07. The molecule has 1 aliphatic rings. The van der Waals surface area contributed by atoms with Crippen molar-refractivity contribution in [2.45, 2.75) is 38.8 Å². The number of benzene rings is 1. The predicted molar refractivity (Wildman–Crippen MR) is 70.1 cm³/mol. The average molecular weight is 218 g/mol. The number of likely N-dealkylation sites (N-methyl/N-ethyl adjacent to an activating group) is 1. The Kier molecular flexibility index (Phi) is 2.94. The molecule has 2 nitrogen and oxygen atoms in total. The molecular formula is C14H22N2. The van der Waals surface area contributed by atoms with Crippen molar-refractivity contribution in [3.63, 3.8) is 0 Å². The number of aryl methyl sites for hydroxylation is 1. The first-order valence-electron chi connectivity index (χ1n) is 6.04. The van der Waals surface area contributed by atoms with Gasteiger partial charge in [0.2, 0.25) is 0 Å². The summed E-state index contributed by atoms with van der Waals surface area (Å²) >= 11 is 0. The molecular weight excluding hydrogens is 196 g/mol. The van der Waals surface area contributed by atoms with Crippen molar-refractivity contribution in [2.24, 2.45) is 0 Å². The summed E-state index contributed by atoms with van der Waals surface area (Å²) in [6.45, 7) is 7.89. The molecule has 1 fully saturated rings. The van der Waals surface area contributed by atoms with Gasteiger partial charge in [-0.15, -0.1) is 0 Å². The van der Waals surface area contributed by atoms with E-state index in [9.17, 15) is 0 Å². The van der Waals surface area contributed by atoms with E-state index < -0.39 is 0 Å². The summed E-state index contributed by atoms with van der Waals surface area (Å²) in [4.78, 5) is 2.51. The van der Waals surface area contributed by atoms with Crippen LogP contribution < -0.4 is 10.2 Å². The Bertz CT molecular complexity index is 354. The number of nitrogens with zero attached hydrogens (tertiary/aromatic N) is 1. The van der Waals surface area contributed by atoms with E-state index in [1.54, 1.807) is 0 Å². The maximum absolute atomic E-state index is 3.39. The summed E-state index contributed by atoms with van der Waals surface area (Å²) in [5, 5.41) is 3.39. The summed E-state index contributed by atoms with van der Waals surface area (Å²) in [6.07, 6.45) is 1.21. The van der Waals surface area contributed by atoms with E-state index in [-0.39, 0.29) is 5.54 Å². The van der Waals surface area contributed by atoms with Crippen molar-refractivity contribution in [2.75, 3.05) is 18.5 Å². The molecule has 0 aromatic heterocycles. The topological polar surface area (TPSA) is 15.3 Å². The Balaban J connectivity index is 2.23. The zero-order valence-electron chi connectivity index (χ0n) is 10.7. The van der Waals surface area contributed by atoms with Gasteiger partial charge in [0.1, 0.15) is 0 Å². The van der Waals surface area contributed by atoms with Crippen LogP contribution >= 0.6 is 0 Å². The van der Waals surface area contributed by atoms with E-state index >= 15 is 0 Å². The molecule has 0 amide bonds. The summed E-state index contributed by atoms with van der Waals surface area (Å²) in [5.74, 6) is 0. The zero-order chi connectivity index (χ0) is 11.8.